The van der Waals surface area contributed by atoms with Crippen molar-refractivity contribution in [1.29, 1.82) is 0 Å². The van der Waals surface area contributed by atoms with Crippen LogP contribution in [0.2, 0.25) is 0 Å². The van der Waals surface area contributed by atoms with Crippen LogP contribution in [-0.2, 0) is 14.3 Å². The molecule has 1 aliphatic carbocycles. The second-order valence-corrected chi connectivity index (χ2v) is 2.27. The maximum atomic E-state index is 11.0. The van der Waals surface area contributed by atoms with Gasteiger partial charge in [0.25, 0.3) is 0 Å². The van der Waals surface area contributed by atoms with Crippen molar-refractivity contribution < 1.29 is 19.5 Å². The van der Waals surface area contributed by atoms with Crippen LogP contribution in [0.15, 0.2) is 29.0 Å². The van der Waals surface area contributed by atoms with Gasteiger partial charge in [-0.3, -0.25) is 4.79 Å². The zero-order valence-corrected chi connectivity index (χ0v) is 6.85. The Hall–Kier alpha value is -1.91. The number of carbonyl (C=O) groups is 2. The van der Waals surface area contributed by atoms with Crippen LogP contribution in [0, 0.1) is 0 Å². The van der Waals surface area contributed by atoms with Crippen LogP contribution >= 0.6 is 0 Å². The van der Waals surface area contributed by atoms with Gasteiger partial charge < -0.3 is 9.94 Å². The summed E-state index contributed by atoms with van der Waals surface area (Å²) in [6, 6.07) is 0. The molecule has 13 heavy (non-hydrogen) atoms. The molecule has 0 aromatic heterocycles. The Kier molecular flexibility index (Phi) is 2.59. The van der Waals surface area contributed by atoms with Crippen LogP contribution in [0.5, 0.6) is 0 Å². The molecular formula is C8H7NO4. The number of carbonyl (C=O) groups excluding carboxylic acids is 2. The Labute approximate surface area is 74.0 Å². The molecule has 0 saturated carbocycles. The molecule has 1 aliphatic rings. The van der Waals surface area contributed by atoms with Crippen LogP contribution in [0.4, 0.5) is 0 Å². The molecule has 0 fully saturated rings. The minimum Gasteiger partial charge on any atom is -0.465 e. The van der Waals surface area contributed by atoms with E-state index in [2.05, 4.69) is 9.89 Å². The van der Waals surface area contributed by atoms with Crippen LogP contribution < -0.4 is 0 Å². The molecule has 0 bridgehead atoms. The van der Waals surface area contributed by atoms with Gasteiger partial charge in [0.2, 0.25) is 0 Å². The summed E-state index contributed by atoms with van der Waals surface area (Å²) in [6.07, 6.45) is 3.50. The van der Waals surface area contributed by atoms with Crippen molar-refractivity contribution in [2.75, 3.05) is 7.11 Å². The zero-order valence-electron chi connectivity index (χ0n) is 6.85. The molecule has 0 aromatic carbocycles. The summed E-state index contributed by atoms with van der Waals surface area (Å²) >= 11 is 0. The quantitative estimate of drug-likeness (QED) is 0.268. The predicted octanol–water partition coefficient (Wildman–Crippen LogP) is 0.0549. The van der Waals surface area contributed by atoms with Crippen LogP contribution in [0.1, 0.15) is 0 Å². The first-order valence-corrected chi connectivity index (χ1v) is 3.43. The Morgan fingerprint density at radius 1 is 1.54 bits per heavy atom. The molecule has 0 unspecified atom stereocenters. The molecule has 0 aliphatic heterocycles. The number of allylic oxidation sites excluding steroid dienone is 3. The first-order chi connectivity index (χ1) is 6.19. The number of ketones is 1. The number of nitrogens with zero attached hydrogens (tertiary/aromatic N) is 1. The highest BCUT2D eigenvalue weighted by molar-refractivity contribution is 6.30. The lowest BCUT2D eigenvalue weighted by Gasteiger charge is -2.05. The van der Waals surface area contributed by atoms with Crippen LogP contribution in [-0.4, -0.2) is 29.8 Å². The maximum absolute atomic E-state index is 11.0. The molecule has 5 nitrogen and oxygen atoms in total. The number of hydrogen-bond donors (Lipinski definition) is 1. The van der Waals surface area contributed by atoms with Gasteiger partial charge in [0.05, 0.1) is 12.7 Å². The van der Waals surface area contributed by atoms with Gasteiger partial charge in [-0.1, -0.05) is 5.16 Å². The van der Waals surface area contributed by atoms with Crippen molar-refractivity contribution in [2.24, 2.45) is 5.16 Å². The normalized spacial score (nSPS) is 18.7. The zero-order chi connectivity index (χ0) is 9.84. The van der Waals surface area contributed by atoms with E-state index in [4.69, 9.17) is 5.21 Å². The summed E-state index contributed by atoms with van der Waals surface area (Å²) in [6.45, 7) is 0. The third-order valence-electron chi connectivity index (χ3n) is 1.48. The molecule has 0 radical (unpaired) electrons. The molecular weight excluding hydrogens is 174 g/mol. The Bertz CT molecular complexity index is 338. The molecule has 1 N–H and O–H groups in total. The lowest BCUT2D eigenvalue weighted by atomic mass is 10.0. The minimum atomic E-state index is -0.703. The number of ether oxygens (including phenoxy) is 1. The van der Waals surface area contributed by atoms with E-state index >= 15 is 0 Å². The molecule has 0 amide bonds. The molecule has 68 valence electrons. The summed E-state index contributed by atoms with van der Waals surface area (Å²) in [5.74, 6) is -1.04. The van der Waals surface area contributed by atoms with E-state index in [9.17, 15) is 9.59 Å². The van der Waals surface area contributed by atoms with Gasteiger partial charge in [0, 0.05) is 6.08 Å². The molecule has 0 aromatic rings. The van der Waals surface area contributed by atoms with E-state index in [0.29, 0.717) is 0 Å². The average Bonchev–Trinajstić information content (AvgIpc) is 2.16. The third kappa shape index (κ3) is 1.81. The molecule has 0 saturated heterocycles. The van der Waals surface area contributed by atoms with Gasteiger partial charge in [0.1, 0.15) is 5.71 Å². The fraction of sp³-hybridized carbons (Fsp3) is 0.125. The fourth-order valence-corrected chi connectivity index (χ4v) is 0.876. The van der Waals surface area contributed by atoms with Crippen molar-refractivity contribution in [3.63, 3.8) is 0 Å². The average molecular weight is 181 g/mol. The number of hydrogen-bond acceptors (Lipinski definition) is 5. The number of methoxy groups -OCH3 is 1. The van der Waals surface area contributed by atoms with E-state index in [1.165, 1.54) is 19.3 Å². The van der Waals surface area contributed by atoms with Gasteiger partial charge in [0.15, 0.2) is 5.78 Å². The van der Waals surface area contributed by atoms with Crippen molar-refractivity contribution in [3.8, 4) is 0 Å². The number of esters is 1. The fourth-order valence-electron chi connectivity index (χ4n) is 0.876. The summed E-state index contributed by atoms with van der Waals surface area (Å²) in [5, 5.41) is 11.3. The smallest absolute Gasteiger partial charge is 0.340 e. The van der Waals surface area contributed by atoms with Crippen molar-refractivity contribution in [2.45, 2.75) is 0 Å². The van der Waals surface area contributed by atoms with Crippen molar-refractivity contribution in [3.05, 3.63) is 23.8 Å². The third-order valence-corrected chi connectivity index (χ3v) is 1.48. The van der Waals surface area contributed by atoms with Crippen LogP contribution in [0.3, 0.4) is 0 Å². The standard InChI is InChI=1S/C8H7NO4/c1-13-8(11)6-4-5(10)2-3-7(6)9-12/h2-4,12H,1H3/b9-7+. The maximum Gasteiger partial charge on any atom is 0.340 e. The molecule has 0 heterocycles. The summed E-state index contributed by atoms with van der Waals surface area (Å²) < 4.78 is 4.38. The monoisotopic (exact) mass is 181 g/mol. The van der Waals surface area contributed by atoms with Gasteiger partial charge >= 0.3 is 5.97 Å². The number of oxime groups is 1. The van der Waals surface area contributed by atoms with E-state index in [1.807, 2.05) is 0 Å². The Balaban J connectivity index is 3.05. The van der Waals surface area contributed by atoms with Gasteiger partial charge in [-0.25, -0.2) is 4.79 Å². The predicted molar refractivity (Wildman–Crippen MR) is 43.5 cm³/mol. The van der Waals surface area contributed by atoms with Crippen molar-refractivity contribution >= 4 is 17.5 Å². The molecule has 0 spiro atoms. The Morgan fingerprint density at radius 3 is 2.77 bits per heavy atom. The largest absolute Gasteiger partial charge is 0.465 e. The van der Waals surface area contributed by atoms with Gasteiger partial charge in [-0.05, 0) is 12.2 Å². The number of rotatable bonds is 1. The lowest BCUT2D eigenvalue weighted by Crippen LogP contribution is -2.17. The highest BCUT2D eigenvalue weighted by Crippen LogP contribution is 2.08. The molecule has 0 atom stereocenters. The van der Waals surface area contributed by atoms with Crippen molar-refractivity contribution in [1.82, 2.24) is 0 Å². The summed E-state index contributed by atoms with van der Waals surface area (Å²) in [7, 11) is 1.18. The van der Waals surface area contributed by atoms with E-state index in [-0.39, 0.29) is 17.1 Å². The first kappa shape index (κ1) is 9.18. The summed E-state index contributed by atoms with van der Waals surface area (Å²) in [4.78, 5) is 21.9. The first-order valence-electron chi connectivity index (χ1n) is 3.43. The van der Waals surface area contributed by atoms with Crippen LogP contribution in [0.25, 0.3) is 0 Å². The topological polar surface area (TPSA) is 76.0 Å². The second kappa shape index (κ2) is 3.66. The summed E-state index contributed by atoms with van der Waals surface area (Å²) in [5.41, 5.74) is -0.0241. The molecule has 5 heteroatoms. The SMILES string of the molecule is COC(=O)C1=CC(=O)C=C/C1=N\O. The highest BCUT2D eigenvalue weighted by Gasteiger charge is 2.19. The van der Waals surface area contributed by atoms with E-state index < -0.39 is 5.97 Å². The molecule has 1 rings (SSSR count). The van der Waals surface area contributed by atoms with Gasteiger partial charge in [-0.15, -0.1) is 0 Å². The Morgan fingerprint density at radius 2 is 2.23 bits per heavy atom. The van der Waals surface area contributed by atoms with Gasteiger partial charge in [-0.2, -0.15) is 0 Å². The van der Waals surface area contributed by atoms with E-state index in [0.717, 1.165) is 6.08 Å². The highest BCUT2D eigenvalue weighted by atomic mass is 16.5. The minimum absolute atomic E-state index is 0.0199. The lowest BCUT2D eigenvalue weighted by molar-refractivity contribution is -0.135. The second-order valence-electron chi connectivity index (χ2n) is 2.27. The van der Waals surface area contributed by atoms with E-state index in [1.54, 1.807) is 0 Å².